The summed E-state index contributed by atoms with van der Waals surface area (Å²) in [5, 5.41) is 7.85. The Morgan fingerprint density at radius 3 is 2.71 bits per heavy atom. The number of aryl methyl sites for hydroxylation is 2. The van der Waals surface area contributed by atoms with E-state index >= 15 is 0 Å². The summed E-state index contributed by atoms with van der Waals surface area (Å²) >= 11 is 0. The molecule has 1 saturated carbocycles. The fourth-order valence-electron chi connectivity index (χ4n) is 4.37. The quantitative estimate of drug-likeness (QED) is 0.496. The number of nitrogens with zero attached hydrogens (tertiary/aromatic N) is 6. The summed E-state index contributed by atoms with van der Waals surface area (Å²) in [4.78, 5) is 24.7. The van der Waals surface area contributed by atoms with Crippen molar-refractivity contribution in [2.45, 2.75) is 25.8 Å². The molecule has 0 unspecified atom stereocenters. The Morgan fingerprint density at radius 1 is 1.12 bits per heavy atom. The fraction of sp³-hybridized carbons (Fsp3) is 0.360. The van der Waals surface area contributed by atoms with Gasteiger partial charge in [0.05, 0.1) is 24.6 Å². The molecule has 9 heteroatoms. The minimum absolute atomic E-state index is 0.154. The number of hydrogen-bond donors (Lipinski definition) is 1. The second kappa shape index (κ2) is 8.25. The number of imidazole rings is 1. The predicted octanol–water partition coefficient (Wildman–Crippen LogP) is 2.86. The summed E-state index contributed by atoms with van der Waals surface area (Å²) in [7, 11) is 1.85. The number of pyridine rings is 1. The maximum absolute atomic E-state index is 12.8. The molecule has 0 spiro atoms. The first-order chi connectivity index (χ1) is 16.6. The van der Waals surface area contributed by atoms with Gasteiger partial charge in [0.2, 0.25) is 5.82 Å². The fourth-order valence-corrected chi connectivity index (χ4v) is 4.37. The lowest BCUT2D eigenvalue weighted by Gasteiger charge is -2.29. The Morgan fingerprint density at radius 2 is 1.94 bits per heavy atom. The van der Waals surface area contributed by atoms with E-state index in [1.54, 1.807) is 9.25 Å². The number of nitrogens with one attached hydrogen (secondary N) is 1. The highest BCUT2D eigenvalue weighted by Crippen LogP contribution is 2.30. The summed E-state index contributed by atoms with van der Waals surface area (Å²) < 4.78 is 9.14. The number of carbonyl (C=O) groups is 1. The summed E-state index contributed by atoms with van der Waals surface area (Å²) in [5.74, 6) is 0.908. The second-order valence-electron chi connectivity index (χ2n) is 9.03. The number of carbonyl (C=O) groups excluding carboxylic acids is 1. The van der Waals surface area contributed by atoms with Crippen LogP contribution in [0, 0.1) is 6.92 Å². The molecule has 3 aromatic heterocycles. The Bertz CT molecular complexity index is 1380. The third kappa shape index (κ3) is 3.81. The largest absolute Gasteiger partial charge is 0.378 e. The van der Waals surface area contributed by atoms with Crippen LogP contribution in [0.1, 0.15) is 29.0 Å². The van der Waals surface area contributed by atoms with Crippen molar-refractivity contribution in [1.29, 1.82) is 0 Å². The van der Waals surface area contributed by atoms with Crippen LogP contribution >= 0.6 is 0 Å². The van der Waals surface area contributed by atoms with Gasteiger partial charge in [-0.25, -0.2) is 14.6 Å². The zero-order valence-electron chi connectivity index (χ0n) is 19.4. The van der Waals surface area contributed by atoms with Gasteiger partial charge in [0.15, 0.2) is 11.5 Å². The number of amides is 1. The van der Waals surface area contributed by atoms with E-state index in [4.69, 9.17) is 19.8 Å². The molecular formula is C25H27N7O2. The maximum atomic E-state index is 12.8. The normalized spacial score (nSPS) is 16.2. The van der Waals surface area contributed by atoms with E-state index in [2.05, 4.69) is 35.3 Å². The van der Waals surface area contributed by atoms with Crippen LogP contribution in [0.4, 0.5) is 5.69 Å². The molecular weight excluding hydrogens is 430 g/mol. The van der Waals surface area contributed by atoms with E-state index in [1.807, 2.05) is 31.4 Å². The molecule has 0 bridgehead atoms. The minimum Gasteiger partial charge on any atom is -0.378 e. The highest BCUT2D eigenvalue weighted by molar-refractivity contribution is 5.97. The Hall–Kier alpha value is -3.72. The highest BCUT2D eigenvalue weighted by atomic mass is 16.5. The van der Waals surface area contributed by atoms with Crippen LogP contribution in [0.2, 0.25) is 0 Å². The lowest BCUT2D eigenvalue weighted by Crippen LogP contribution is -2.36. The van der Waals surface area contributed by atoms with E-state index in [1.165, 1.54) is 5.56 Å². The molecule has 0 radical (unpaired) electrons. The van der Waals surface area contributed by atoms with Crippen LogP contribution in [-0.2, 0) is 11.8 Å². The third-order valence-electron chi connectivity index (χ3n) is 6.40. The van der Waals surface area contributed by atoms with Crippen molar-refractivity contribution >= 4 is 22.8 Å². The standard InChI is InChI=1S/C25H27N7O2/c1-16-4-3-5-17(14-16)19-8-9-32(29-19)21-15-20(31-10-12-34-13-11-31)22-23(27-21)30(2)24(28-22)25(33)26-18-6-7-18/h3-5,8-9,14-15,18H,6-7,10-13H2,1-2H3,(H,26,33). The van der Waals surface area contributed by atoms with Gasteiger partial charge in [-0.15, -0.1) is 0 Å². The van der Waals surface area contributed by atoms with E-state index in [-0.39, 0.29) is 11.9 Å². The summed E-state index contributed by atoms with van der Waals surface area (Å²) in [6.07, 6.45) is 3.98. The van der Waals surface area contributed by atoms with Crippen LogP contribution in [0.5, 0.6) is 0 Å². The molecule has 6 rings (SSSR count). The molecule has 1 saturated heterocycles. The van der Waals surface area contributed by atoms with Gasteiger partial charge in [0.1, 0.15) is 5.52 Å². The van der Waals surface area contributed by atoms with Gasteiger partial charge in [-0.3, -0.25) is 4.79 Å². The van der Waals surface area contributed by atoms with Gasteiger partial charge in [-0.05, 0) is 31.9 Å². The van der Waals surface area contributed by atoms with Crippen molar-refractivity contribution in [3.63, 3.8) is 0 Å². The number of ether oxygens (including phenoxy) is 1. The van der Waals surface area contributed by atoms with Crippen molar-refractivity contribution in [3.05, 3.63) is 54.0 Å². The first kappa shape index (κ1) is 20.9. The third-order valence-corrected chi connectivity index (χ3v) is 6.40. The Labute approximate surface area is 197 Å². The van der Waals surface area contributed by atoms with Gasteiger partial charge in [0.25, 0.3) is 5.91 Å². The second-order valence-corrected chi connectivity index (χ2v) is 9.03. The first-order valence-corrected chi connectivity index (χ1v) is 11.7. The number of aromatic nitrogens is 5. The highest BCUT2D eigenvalue weighted by Gasteiger charge is 2.28. The number of anilines is 1. The van der Waals surface area contributed by atoms with Crippen LogP contribution in [-0.4, -0.2) is 62.6 Å². The lowest BCUT2D eigenvalue weighted by atomic mass is 10.1. The summed E-state index contributed by atoms with van der Waals surface area (Å²) in [6, 6.07) is 12.6. The molecule has 4 aromatic rings. The Kier molecular flexibility index (Phi) is 5.06. The van der Waals surface area contributed by atoms with E-state index in [0.717, 1.165) is 48.4 Å². The predicted molar refractivity (Wildman–Crippen MR) is 129 cm³/mol. The molecule has 9 nitrogen and oxygen atoms in total. The maximum Gasteiger partial charge on any atom is 0.287 e. The molecule has 34 heavy (non-hydrogen) atoms. The average Bonchev–Trinajstić information content (AvgIpc) is 3.40. The zero-order valence-corrected chi connectivity index (χ0v) is 19.4. The number of fused-ring (bicyclic) bond motifs is 1. The number of hydrogen-bond acceptors (Lipinski definition) is 6. The molecule has 2 fully saturated rings. The number of benzene rings is 1. The van der Waals surface area contributed by atoms with Gasteiger partial charge >= 0.3 is 0 Å². The van der Waals surface area contributed by atoms with E-state index < -0.39 is 0 Å². The molecule has 2 aliphatic rings. The first-order valence-electron chi connectivity index (χ1n) is 11.7. The van der Waals surface area contributed by atoms with Crippen molar-refractivity contribution < 1.29 is 9.53 Å². The van der Waals surface area contributed by atoms with Crippen LogP contribution in [0.25, 0.3) is 28.2 Å². The molecule has 1 aliphatic heterocycles. The smallest absolute Gasteiger partial charge is 0.287 e. The van der Waals surface area contributed by atoms with E-state index in [9.17, 15) is 4.79 Å². The van der Waals surface area contributed by atoms with Crippen LogP contribution in [0.3, 0.4) is 0 Å². The molecule has 1 aromatic carbocycles. The van der Waals surface area contributed by atoms with Gasteiger partial charge in [0, 0.05) is 44.0 Å². The molecule has 1 aliphatic carbocycles. The van der Waals surface area contributed by atoms with Gasteiger partial charge < -0.3 is 19.5 Å². The molecule has 0 atom stereocenters. The van der Waals surface area contributed by atoms with E-state index in [0.29, 0.717) is 30.5 Å². The average molecular weight is 458 g/mol. The monoisotopic (exact) mass is 457 g/mol. The number of morpholine rings is 1. The lowest BCUT2D eigenvalue weighted by molar-refractivity contribution is 0.0938. The van der Waals surface area contributed by atoms with Crippen LogP contribution in [0.15, 0.2) is 42.6 Å². The zero-order chi connectivity index (χ0) is 23.2. The van der Waals surface area contributed by atoms with Crippen molar-refractivity contribution in [3.8, 4) is 17.1 Å². The SMILES string of the molecule is Cc1cccc(-c2ccn(-c3cc(N4CCOCC4)c4nc(C(=O)NC5CC5)n(C)c4n3)n2)c1. The van der Waals surface area contributed by atoms with Crippen molar-refractivity contribution in [2.75, 3.05) is 31.2 Å². The summed E-state index contributed by atoms with van der Waals surface area (Å²) in [6.45, 7) is 4.89. The molecule has 1 N–H and O–H groups in total. The molecule has 1 amide bonds. The topological polar surface area (TPSA) is 90.1 Å². The molecule has 4 heterocycles. The van der Waals surface area contributed by atoms with Crippen molar-refractivity contribution in [1.82, 2.24) is 29.6 Å². The molecule has 174 valence electrons. The van der Waals surface area contributed by atoms with Gasteiger partial charge in [-0.1, -0.05) is 23.8 Å². The summed E-state index contributed by atoms with van der Waals surface area (Å²) in [5.41, 5.74) is 5.46. The Balaban J connectivity index is 1.45. The van der Waals surface area contributed by atoms with Crippen LogP contribution < -0.4 is 10.2 Å². The number of rotatable bonds is 5. The van der Waals surface area contributed by atoms with Crippen molar-refractivity contribution in [2.24, 2.45) is 7.05 Å². The minimum atomic E-state index is -0.154. The van der Waals surface area contributed by atoms with Gasteiger partial charge in [-0.2, -0.15) is 5.10 Å².